The number of phenolic OH excluding ortho intramolecular Hbond substituents is 1. The van der Waals surface area contributed by atoms with Crippen molar-refractivity contribution < 1.29 is 34.2 Å². The molecule has 0 saturated heterocycles. The molecule has 4 amide bonds. The van der Waals surface area contributed by atoms with Crippen LogP contribution in [0.3, 0.4) is 0 Å². The van der Waals surface area contributed by atoms with Gasteiger partial charge in [-0.2, -0.15) is 12.6 Å². The maximum Gasteiger partial charge on any atom is 0.326 e. The number of carboxylic acid groups (broad SMARTS) is 1. The third kappa shape index (κ3) is 11.8. The lowest BCUT2D eigenvalue weighted by Gasteiger charge is -2.24. The number of aromatic hydroxyl groups is 1. The average molecular weight is 555 g/mol. The summed E-state index contributed by atoms with van der Waals surface area (Å²) >= 11 is 4.05. The van der Waals surface area contributed by atoms with Crippen LogP contribution in [0.2, 0.25) is 0 Å². The van der Waals surface area contributed by atoms with E-state index in [9.17, 15) is 34.2 Å². The van der Waals surface area contributed by atoms with E-state index in [-0.39, 0.29) is 43.3 Å². The van der Waals surface area contributed by atoms with Crippen LogP contribution in [0.5, 0.6) is 5.75 Å². The van der Waals surface area contributed by atoms with Gasteiger partial charge in [0.05, 0.1) is 12.5 Å². The van der Waals surface area contributed by atoms with Crippen molar-refractivity contribution in [2.45, 2.75) is 49.9 Å². The van der Waals surface area contributed by atoms with Gasteiger partial charge in [0.2, 0.25) is 23.6 Å². The molecule has 0 radical (unpaired) electrons. The Morgan fingerprint density at radius 2 is 1.45 bits per heavy atom. The van der Waals surface area contributed by atoms with Gasteiger partial charge in [0, 0.05) is 18.7 Å². The number of carboxylic acids is 1. The van der Waals surface area contributed by atoms with Gasteiger partial charge in [-0.3, -0.25) is 24.2 Å². The first-order valence-corrected chi connectivity index (χ1v) is 12.1. The molecule has 0 spiro atoms. The van der Waals surface area contributed by atoms with Crippen LogP contribution in [-0.4, -0.2) is 82.2 Å². The zero-order valence-electron chi connectivity index (χ0n) is 20.5. The molecule has 1 aromatic carbocycles. The molecular weight excluding hydrogens is 520 g/mol. The number of carbonyl (C=O) groups is 5. The number of benzene rings is 1. The smallest absolute Gasteiger partial charge is 0.326 e. The molecule has 0 saturated carbocycles. The van der Waals surface area contributed by atoms with Gasteiger partial charge in [0.25, 0.3) is 0 Å². The minimum atomic E-state index is -1.35. The van der Waals surface area contributed by atoms with Gasteiger partial charge in [0.1, 0.15) is 23.9 Å². The van der Waals surface area contributed by atoms with Gasteiger partial charge in [-0.15, -0.1) is 0 Å². The van der Waals surface area contributed by atoms with E-state index < -0.39 is 60.2 Å². The molecule has 210 valence electrons. The molecule has 38 heavy (non-hydrogen) atoms. The molecule has 0 fully saturated rings. The molecule has 1 rings (SSSR count). The zero-order valence-corrected chi connectivity index (χ0v) is 21.4. The van der Waals surface area contributed by atoms with Crippen LogP contribution in [0.15, 0.2) is 29.3 Å². The second-order valence-electron chi connectivity index (χ2n) is 8.30. The minimum absolute atomic E-state index is 0.00497. The summed E-state index contributed by atoms with van der Waals surface area (Å²) in [6, 6.07) is 0.674. The van der Waals surface area contributed by atoms with Crippen LogP contribution in [0.4, 0.5) is 0 Å². The maximum absolute atomic E-state index is 13.0. The third-order valence-electron chi connectivity index (χ3n) is 5.14. The SMILES string of the molecule is NC(=O)CC(N)C(=O)NC(CS)C(=O)NC(CCCN=C(N)N)C(=O)NC(Cc1ccc(O)cc1)C(=O)O. The lowest BCUT2D eigenvalue weighted by molar-refractivity contribution is -0.142. The van der Waals surface area contributed by atoms with Crippen molar-refractivity contribution in [1.82, 2.24) is 16.0 Å². The fourth-order valence-electron chi connectivity index (χ4n) is 3.17. The standard InChI is InChI=1S/C22H34N8O7S/c23-13(9-17(24)32)18(33)30-16(10-38)20(35)28-14(2-1-7-27-22(25)26)19(34)29-15(21(36)37)8-11-3-5-12(31)6-4-11/h3-6,13-16,31,38H,1-2,7-10,23H2,(H2,24,32)(H,28,35)(H,29,34)(H,30,33)(H,36,37)(H4,25,26,27). The number of aliphatic imine (C=N–C) groups is 1. The van der Waals surface area contributed by atoms with Gasteiger partial charge in [-0.05, 0) is 30.5 Å². The summed E-state index contributed by atoms with van der Waals surface area (Å²) in [4.78, 5) is 64.7. The van der Waals surface area contributed by atoms with Crippen molar-refractivity contribution in [2.24, 2.45) is 27.9 Å². The molecule has 0 bridgehead atoms. The number of phenols is 1. The number of thiol groups is 1. The van der Waals surface area contributed by atoms with Crippen LogP contribution in [0, 0.1) is 0 Å². The normalized spacial score (nSPS) is 13.7. The van der Waals surface area contributed by atoms with Gasteiger partial charge >= 0.3 is 5.97 Å². The molecule has 0 heterocycles. The zero-order chi connectivity index (χ0) is 28.8. The Balaban J connectivity index is 2.99. The average Bonchev–Trinajstić information content (AvgIpc) is 2.84. The lowest BCUT2D eigenvalue weighted by Crippen LogP contribution is -2.58. The Bertz CT molecular complexity index is 1020. The molecule has 0 aromatic heterocycles. The minimum Gasteiger partial charge on any atom is -0.508 e. The Labute approximate surface area is 224 Å². The van der Waals surface area contributed by atoms with Crippen LogP contribution in [0.1, 0.15) is 24.8 Å². The molecule has 4 atom stereocenters. The molecule has 15 nitrogen and oxygen atoms in total. The summed E-state index contributed by atoms with van der Waals surface area (Å²) in [5.41, 5.74) is 21.8. The first kappa shape index (κ1) is 32.0. The van der Waals surface area contributed by atoms with Crippen LogP contribution in [0.25, 0.3) is 0 Å². The highest BCUT2D eigenvalue weighted by Gasteiger charge is 2.30. The Morgan fingerprint density at radius 1 is 0.895 bits per heavy atom. The van der Waals surface area contributed by atoms with E-state index in [0.717, 1.165) is 0 Å². The van der Waals surface area contributed by atoms with Crippen LogP contribution >= 0.6 is 12.6 Å². The first-order chi connectivity index (χ1) is 17.8. The highest BCUT2D eigenvalue weighted by molar-refractivity contribution is 7.80. The highest BCUT2D eigenvalue weighted by Crippen LogP contribution is 2.12. The summed E-state index contributed by atoms with van der Waals surface area (Å²) in [6.45, 7) is 0.132. The third-order valence-corrected chi connectivity index (χ3v) is 5.51. The predicted octanol–water partition coefficient (Wildman–Crippen LogP) is -3.34. The van der Waals surface area contributed by atoms with E-state index in [1.54, 1.807) is 0 Å². The van der Waals surface area contributed by atoms with Crippen molar-refractivity contribution >= 4 is 48.2 Å². The quantitative estimate of drug-likeness (QED) is 0.0419. The number of nitrogens with one attached hydrogen (secondary N) is 3. The largest absolute Gasteiger partial charge is 0.508 e. The Hall–Kier alpha value is -4.05. The number of aliphatic carboxylic acids is 1. The number of nitrogens with two attached hydrogens (primary N) is 4. The predicted molar refractivity (Wildman–Crippen MR) is 141 cm³/mol. The molecule has 13 N–H and O–H groups in total. The van der Waals surface area contributed by atoms with Crippen LogP contribution < -0.4 is 38.9 Å². The molecule has 4 unspecified atom stereocenters. The van der Waals surface area contributed by atoms with E-state index >= 15 is 0 Å². The van der Waals surface area contributed by atoms with Gasteiger partial charge in [-0.25, -0.2) is 4.79 Å². The monoisotopic (exact) mass is 554 g/mol. The van der Waals surface area contributed by atoms with Crippen molar-refractivity contribution in [1.29, 1.82) is 0 Å². The van der Waals surface area contributed by atoms with Crippen molar-refractivity contribution in [3.05, 3.63) is 29.8 Å². The summed E-state index contributed by atoms with van der Waals surface area (Å²) < 4.78 is 0. The second kappa shape index (κ2) is 15.9. The van der Waals surface area contributed by atoms with E-state index in [1.165, 1.54) is 24.3 Å². The fourth-order valence-corrected chi connectivity index (χ4v) is 3.42. The summed E-state index contributed by atoms with van der Waals surface area (Å²) in [7, 11) is 0. The van der Waals surface area contributed by atoms with E-state index in [0.29, 0.717) is 5.56 Å². The molecule has 1 aromatic rings. The number of carbonyl (C=O) groups excluding carboxylic acids is 4. The van der Waals surface area contributed by atoms with Crippen LogP contribution in [-0.2, 0) is 30.4 Å². The van der Waals surface area contributed by atoms with Crippen molar-refractivity contribution in [3.63, 3.8) is 0 Å². The van der Waals surface area contributed by atoms with Gasteiger partial charge < -0.3 is 49.1 Å². The second-order valence-corrected chi connectivity index (χ2v) is 8.67. The van der Waals surface area contributed by atoms with Crippen molar-refractivity contribution in [3.8, 4) is 5.75 Å². The molecular formula is C22H34N8O7S. The summed E-state index contributed by atoms with van der Waals surface area (Å²) in [6.07, 6.45) is -0.273. The number of amides is 4. The number of guanidine groups is 1. The summed E-state index contributed by atoms with van der Waals surface area (Å²) in [5, 5.41) is 26.2. The number of primary amides is 1. The van der Waals surface area contributed by atoms with E-state index in [4.69, 9.17) is 22.9 Å². The van der Waals surface area contributed by atoms with Gasteiger partial charge in [0.15, 0.2) is 5.96 Å². The van der Waals surface area contributed by atoms with E-state index in [1.807, 2.05) is 0 Å². The maximum atomic E-state index is 13.0. The molecule has 0 aliphatic carbocycles. The number of hydrogen-bond acceptors (Lipinski definition) is 9. The summed E-state index contributed by atoms with van der Waals surface area (Å²) in [5.74, 6) is -4.91. The number of rotatable bonds is 16. The lowest BCUT2D eigenvalue weighted by atomic mass is 10.0. The number of hydrogen-bond donors (Lipinski definition) is 10. The Kier molecular flexibility index (Phi) is 13.4. The van der Waals surface area contributed by atoms with E-state index in [2.05, 4.69) is 33.6 Å². The molecule has 0 aliphatic rings. The topological polar surface area (TPSA) is 278 Å². The van der Waals surface area contributed by atoms with Crippen molar-refractivity contribution in [2.75, 3.05) is 12.3 Å². The highest BCUT2D eigenvalue weighted by atomic mass is 32.1. The molecule has 16 heteroatoms. The first-order valence-electron chi connectivity index (χ1n) is 11.5. The fraction of sp³-hybridized carbons (Fsp3) is 0.455. The van der Waals surface area contributed by atoms with Gasteiger partial charge in [-0.1, -0.05) is 12.1 Å². The molecule has 0 aliphatic heterocycles. The number of nitrogens with zero attached hydrogens (tertiary/aromatic N) is 1. The Morgan fingerprint density at radius 3 is 1.97 bits per heavy atom.